The fourth-order valence-corrected chi connectivity index (χ4v) is 3.21. The molecule has 17 heavy (non-hydrogen) atoms. The summed E-state index contributed by atoms with van der Waals surface area (Å²) in [5.74, 6) is -2.87. The number of carboxylic acid groups (broad SMARTS) is 1. The van der Waals surface area contributed by atoms with Crippen LogP contribution in [-0.4, -0.2) is 25.2 Å². The van der Waals surface area contributed by atoms with E-state index in [0.717, 1.165) is 18.2 Å². The molecule has 0 amide bonds. The van der Waals surface area contributed by atoms with E-state index >= 15 is 0 Å². The molecule has 0 heterocycles. The minimum Gasteiger partial charge on any atom is -0.478 e. The first-order chi connectivity index (χ1) is 7.74. The molecule has 1 aromatic rings. The largest absolute Gasteiger partial charge is 0.478 e. The molecule has 0 aliphatic carbocycles. The van der Waals surface area contributed by atoms with Gasteiger partial charge in [-0.15, -0.1) is 0 Å². The van der Waals surface area contributed by atoms with Gasteiger partial charge in [-0.1, -0.05) is 22.5 Å². The zero-order valence-corrected chi connectivity index (χ0v) is 10.9. The van der Waals surface area contributed by atoms with Crippen LogP contribution < -0.4 is 0 Å². The van der Waals surface area contributed by atoms with E-state index < -0.39 is 27.2 Å². The number of halogens is 2. The third-order valence-corrected chi connectivity index (χ3v) is 4.23. The van der Waals surface area contributed by atoms with E-state index in [9.17, 15) is 17.6 Å². The van der Waals surface area contributed by atoms with E-state index in [-0.39, 0.29) is 15.1 Å². The van der Waals surface area contributed by atoms with Gasteiger partial charge >= 0.3 is 5.97 Å². The predicted molar refractivity (Wildman–Crippen MR) is 63.5 cm³/mol. The molecule has 1 rings (SSSR count). The Balaban J connectivity index is 3.30. The second-order valence-electron chi connectivity index (χ2n) is 3.22. The SMILES string of the molecule is C=C(Br)CS(=O)(=O)c1ccc(F)c(C(=O)O)c1. The summed E-state index contributed by atoms with van der Waals surface area (Å²) in [5, 5.41) is 8.68. The summed E-state index contributed by atoms with van der Waals surface area (Å²) in [4.78, 5) is 10.4. The zero-order valence-electron chi connectivity index (χ0n) is 8.48. The molecule has 92 valence electrons. The van der Waals surface area contributed by atoms with Crippen molar-refractivity contribution in [3.8, 4) is 0 Å². The van der Waals surface area contributed by atoms with Crippen LogP contribution in [0.1, 0.15) is 10.4 Å². The van der Waals surface area contributed by atoms with Crippen molar-refractivity contribution in [1.82, 2.24) is 0 Å². The summed E-state index contributed by atoms with van der Waals surface area (Å²) < 4.78 is 36.7. The van der Waals surface area contributed by atoms with Crippen molar-refractivity contribution in [2.75, 3.05) is 5.75 Å². The molecular weight excluding hydrogens is 315 g/mol. The van der Waals surface area contributed by atoms with Gasteiger partial charge in [0.2, 0.25) is 0 Å². The summed E-state index contributed by atoms with van der Waals surface area (Å²) in [5.41, 5.74) is -0.675. The van der Waals surface area contributed by atoms with Crippen LogP contribution in [0.3, 0.4) is 0 Å². The first-order valence-electron chi connectivity index (χ1n) is 4.33. The molecule has 1 N–H and O–H groups in total. The van der Waals surface area contributed by atoms with Crippen molar-refractivity contribution in [2.45, 2.75) is 4.90 Å². The van der Waals surface area contributed by atoms with E-state index in [1.165, 1.54) is 0 Å². The molecular formula is C10H8BrFO4S. The lowest BCUT2D eigenvalue weighted by atomic mass is 10.2. The highest BCUT2D eigenvalue weighted by Gasteiger charge is 2.19. The fourth-order valence-electron chi connectivity index (χ4n) is 1.15. The molecule has 0 fully saturated rings. The van der Waals surface area contributed by atoms with Crippen LogP contribution in [0, 0.1) is 5.82 Å². The molecule has 0 unspecified atom stereocenters. The summed E-state index contributed by atoms with van der Waals surface area (Å²) in [6, 6.07) is 2.63. The number of carboxylic acids is 1. The quantitative estimate of drug-likeness (QED) is 0.863. The van der Waals surface area contributed by atoms with Crippen molar-refractivity contribution in [3.63, 3.8) is 0 Å². The van der Waals surface area contributed by atoms with Gasteiger partial charge in [0.05, 0.1) is 16.2 Å². The van der Waals surface area contributed by atoms with Crippen LogP contribution in [0.25, 0.3) is 0 Å². The average molecular weight is 323 g/mol. The van der Waals surface area contributed by atoms with Gasteiger partial charge in [-0.25, -0.2) is 17.6 Å². The smallest absolute Gasteiger partial charge is 0.338 e. The Morgan fingerprint density at radius 1 is 1.47 bits per heavy atom. The van der Waals surface area contributed by atoms with Crippen molar-refractivity contribution < 1.29 is 22.7 Å². The van der Waals surface area contributed by atoms with E-state index in [4.69, 9.17) is 5.11 Å². The maximum Gasteiger partial charge on any atom is 0.338 e. The van der Waals surface area contributed by atoms with Crippen LogP contribution >= 0.6 is 15.9 Å². The molecule has 0 radical (unpaired) electrons. The van der Waals surface area contributed by atoms with Gasteiger partial charge in [0, 0.05) is 4.48 Å². The topological polar surface area (TPSA) is 71.4 Å². The summed E-state index contributed by atoms with van der Waals surface area (Å²) >= 11 is 2.91. The van der Waals surface area contributed by atoms with Crippen LogP contribution in [0.5, 0.6) is 0 Å². The molecule has 0 saturated heterocycles. The van der Waals surface area contributed by atoms with Crippen LogP contribution in [0.4, 0.5) is 4.39 Å². The van der Waals surface area contributed by atoms with E-state index in [1.807, 2.05) is 0 Å². The lowest BCUT2D eigenvalue weighted by molar-refractivity contribution is 0.0691. The van der Waals surface area contributed by atoms with Crippen molar-refractivity contribution in [2.24, 2.45) is 0 Å². The number of aromatic carboxylic acids is 1. The van der Waals surface area contributed by atoms with Crippen LogP contribution in [-0.2, 0) is 9.84 Å². The first-order valence-corrected chi connectivity index (χ1v) is 6.77. The normalized spacial score (nSPS) is 11.2. The molecule has 0 spiro atoms. The van der Waals surface area contributed by atoms with Crippen molar-refractivity contribution in [3.05, 3.63) is 40.6 Å². The van der Waals surface area contributed by atoms with Gasteiger partial charge in [0.15, 0.2) is 9.84 Å². The second kappa shape index (κ2) is 4.97. The fraction of sp³-hybridized carbons (Fsp3) is 0.100. The average Bonchev–Trinajstić information content (AvgIpc) is 2.15. The zero-order chi connectivity index (χ0) is 13.2. The summed E-state index contributed by atoms with van der Waals surface area (Å²) in [6.45, 7) is 3.39. The molecule has 0 atom stereocenters. The summed E-state index contributed by atoms with van der Waals surface area (Å²) in [7, 11) is -3.71. The van der Waals surface area contributed by atoms with Gasteiger partial charge in [-0.05, 0) is 18.2 Å². The minimum atomic E-state index is -3.71. The van der Waals surface area contributed by atoms with Crippen molar-refractivity contribution in [1.29, 1.82) is 0 Å². The Morgan fingerprint density at radius 2 is 2.06 bits per heavy atom. The number of hydrogen-bond acceptors (Lipinski definition) is 3. The Morgan fingerprint density at radius 3 is 2.53 bits per heavy atom. The number of rotatable bonds is 4. The molecule has 0 aliphatic heterocycles. The van der Waals surface area contributed by atoms with Crippen LogP contribution in [0.15, 0.2) is 34.2 Å². The van der Waals surface area contributed by atoms with E-state index in [0.29, 0.717) is 0 Å². The Kier molecular flexibility index (Phi) is 4.05. The number of hydrogen-bond donors (Lipinski definition) is 1. The molecule has 1 aromatic carbocycles. The number of benzene rings is 1. The highest BCUT2D eigenvalue weighted by molar-refractivity contribution is 9.11. The van der Waals surface area contributed by atoms with Crippen LogP contribution in [0.2, 0.25) is 0 Å². The number of sulfone groups is 1. The molecule has 0 aliphatic rings. The second-order valence-corrected chi connectivity index (χ2v) is 6.33. The maximum atomic E-state index is 13.1. The van der Waals surface area contributed by atoms with Gasteiger partial charge < -0.3 is 5.11 Å². The Hall–Kier alpha value is -1.21. The van der Waals surface area contributed by atoms with E-state index in [1.54, 1.807) is 0 Å². The molecule has 7 heteroatoms. The Bertz CT molecular complexity index is 580. The molecule has 0 saturated carbocycles. The monoisotopic (exact) mass is 322 g/mol. The highest BCUT2D eigenvalue weighted by atomic mass is 79.9. The molecule has 4 nitrogen and oxygen atoms in total. The molecule has 0 aromatic heterocycles. The Labute approximate surface area is 106 Å². The van der Waals surface area contributed by atoms with Gasteiger partial charge in [0.25, 0.3) is 0 Å². The van der Waals surface area contributed by atoms with E-state index in [2.05, 4.69) is 22.5 Å². The molecule has 0 bridgehead atoms. The maximum absolute atomic E-state index is 13.1. The lowest BCUT2D eigenvalue weighted by Crippen LogP contribution is -2.09. The van der Waals surface area contributed by atoms with Gasteiger partial charge in [-0.2, -0.15) is 0 Å². The third kappa shape index (κ3) is 3.37. The van der Waals surface area contributed by atoms with Gasteiger partial charge in [0.1, 0.15) is 5.82 Å². The number of carbonyl (C=O) groups is 1. The summed E-state index contributed by atoms with van der Waals surface area (Å²) in [6.07, 6.45) is 0. The third-order valence-electron chi connectivity index (χ3n) is 1.87. The van der Waals surface area contributed by atoms with Gasteiger partial charge in [-0.3, -0.25) is 0 Å². The van der Waals surface area contributed by atoms with Crippen molar-refractivity contribution >= 4 is 31.7 Å². The first kappa shape index (κ1) is 13.9. The lowest BCUT2D eigenvalue weighted by Gasteiger charge is -2.05. The minimum absolute atomic E-state index is 0.235. The predicted octanol–water partition coefficient (Wildman–Crippen LogP) is 2.21. The highest BCUT2D eigenvalue weighted by Crippen LogP contribution is 2.19. The standard InChI is InChI=1S/C10H8BrFO4S/c1-6(11)5-17(15,16)7-2-3-9(12)8(4-7)10(13)14/h2-4H,1,5H2,(H,13,14).